The Morgan fingerprint density at radius 2 is 2.43 bits per heavy atom. The van der Waals surface area contributed by atoms with Gasteiger partial charge in [0.25, 0.3) is 0 Å². The summed E-state index contributed by atoms with van der Waals surface area (Å²) in [6.07, 6.45) is 1.83. The summed E-state index contributed by atoms with van der Waals surface area (Å²) < 4.78 is 8.78. The van der Waals surface area contributed by atoms with Crippen LogP contribution in [0.3, 0.4) is 0 Å². The Bertz CT molecular complexity index is 492. The second kappa shape index (κ2) is 3.07. The highest BCUT2D eigenvalue weighted by Crippen LogP contribution is 2.31. The van der Waals surface area contributed by atoms with Crippen LogP contribution in [0.4, 0.5) is 0 Å². The lowest BCUT2D eigenvalue weighted by molar-refractivity contribution is 0.0857. The van der Waals surface area contributed by atoms with Crippen molar-refractivity contribution in [3.05, 3.63) is 28.5 Å². The standard InChI is InChI=1S/C10H9BrN2O/c11-9-7-2-1-3-12-10(7)13-4-5-14-6-8(9)13/h1-3H,4-6H2. The summed E-state index contributed by atoms with van der Waals surface area (Å²) in [6, 6.07) is 4.04. The van der Waals surface area contributed by atoms with E-state index in [0.717, 1.165) is 23.3 Å². The average Bonchev–Trinajstić information content (AvgIpc) is 2.55. The Kier molecular flexibility index (Phi) is 1.85. The number of aromatic nitrogens is 2. The highest BCUT2D eigenvalue weighted by molar-refractivity contribution is 9.10. The molecule has 0 saturated carbocycles. The Morgan fingerprint density at radius 3 is 3.36 bits per heavy atom. The van der Waals surface area contributed by atoms with Crippen LogP contribution in [0.25, 0.3) is 11.0 Å². The van der Waals surface area contributed by atoms with Gasteiger partial charge in [-0.15, -0.1) is 0 Å². The van der Waals surface area contributed by atoms with E-state index in [9.17, 15) is 0 Å². The summed E-state index contributed by atoms with van der Waals surface area (Å²) in [6.45, 7) is 2.35. The lowest BCUT2D eigenvalue weighted by Crippen LogP contribution is -2.16. The van der Waals surface area contributed by atoms with E-state index in [-0.39, 0.29) is 0 Å². The first-order valence-electron chi connectivity index (χ1n) is 4.57. The minimum atomic E-state index is 0.678. The van der Waals surface area contributed by atoms with E-state index in [2.05, 4.69) is 31.5 Å². The molecule has 0 aromatic carbocycles. The molecule has 0 unspecified atom stereocenters. The van der Waals surface area contributed by atoms with Gasteiger partial charge >= 0.3 is 0 Å². The summed E-state index contributed by atoms with van der Waals surface area (Å²) in [5.41, 5.74) is 2.25. The molecule has 1 aliphatic heterocycles. The Hall–Kier alpha value is -0.870. The average molecular weight is 253 g/mol. The van der Waals surface area contributed by atoms with Crippen molar-refractivity contribution in [1.29, 1.82) is 0 Å². The van der Waals surface area contributed by atoms with Crippen LogP contribution in [0, 0.1) is 0 Å². The number of nitrogens with zero attached hydrogens (tertiary/aromatic N) is 2. The van der Waals surface area contributed by atoms with Crippen LogP contribution in [0.2, 0.25) is 0 Å². The number of hydrogen-bond acceptors (Lipinski definition) is 2. The van der Waals surface area contributed by atoms with Crippen molar-refractivity contribution >= 4 is 27.0 Å². The second-order valence-electron chi connectivity index (χ2n) is 3.34. The topological polar surface area (TPSA) is 27.1 Å². The summed E-state index contributed by atoms with van der Waals surface area (Å²) in [4.78, 5) is 4.39. The molecule has 0 fully saturated rings. The largest absolute Gasteiger partial charge is 0.373 e. The van der Waals surface area contributed by atoms with Gasteiger partial charge in [-0.1, -0.05) is 0 Å². The van der Waals surface area contributed by atoms with E-state index in [1.165, 1.54) is 11.1 Å². The maximum Gasteiger partial charge on any atom is 0.141 e. The van der Waals surface area contributed by atoms with E-state index in [1.54, 1.807) is 0 Å². The zero-order valence-electron chi connectivity index (χ0n) is 7.53. The third-order valence-corrected chi connectivity index (χ3v) is 3.44. The fourth-order valence-corrected chi connectivity index (χ4v) is 2.53. The maximum absolute atomic E-state index is 5.43. The minimum absolute atomic E-state index is 0.678. The molecule has 72 valence electrons. The van der Waals surface area contributed by atoms with Crippen molar-refractivity contribution in [2.24, 2.45) is 0 Å². The van der Waals surface area contributed by atoms with Crippen LogP contribution in [-0.4, -0.2) is 16.2 Å². The number of hydrogen-bond donors (Lipinski definition) is 0. The summed E-state index contributed by atoms with van der Waals surface area (Å²) in [5.74, 6) is 0. The quantitative estimate of drug-likeness (QED) is 0.720. The van der Waals surface area contributed by atoms with Gasteiger partial charge in [0.05, 0.1) is 23.4 Å². The minimum Gasteiger partial charge on any atom is -0.373 e. The van der Waals surface area contributed by atoms with Gasteiger partial charge in [-0.3, -0.25) is 0 Å². The molecule has 0 amide bonds. The number of fused-ring (bicyclic) bond motifs is 3. The third-order valence-electron chi connectivity index (χ3n) is 2.56. The number of halogens is 1. The molecule has 0 atom stereocenters. The van der Waals surface area contributed by atoms with Crippen LogP contribution < -0.4 is 0 Å². The van der Waals surface area contributed by atoms with E-state index in [0.29, 0.717) is 6.61 Å². The molecule has 0 N–H and O–H groups in total. The summed E-state index contributed by atoms with van der Waals surface area (Å²) in [7, 11) is 0. The molecule has 4 heteroatoms. The molecule has 2 aromatic heterocycles. The molecule has 2 aromatic rings. The van der Waals surface area contributed by atoms with Crippen molar-refractivity contribution in [3.8, 4) is 0 Å². The van der Waals surface area contributed by atoms with Crippen molar-refractivity contribution < 1.29 is 4.74 Å². The van der Waals surface area contributed by atoms with Crippen LogP contribution in [0.5, 0.6) is 0 Å². The molecule has 0 spiro atoms. The molecule has 0 aliphatic carbocycles. The molecule has 0 radical (unpaired) electrons. The third kappa shape index (κ3) is 1.04. The molecule has 3 rings (SSSR count). The van der Waals surface area contributed by atoms with Crippen LogP contribution in [0.15, 0.2) is 22.8 Å². The van der Waals surface area contributed by atoms with Gasteiger partial charge in [-0.25, -0.2) is 4.98 Å². The molecular weight excluding hydrogens is 244 g/mol. The first-order valence-corrected chi connectivity index (χ1v) is 5.36. The fourth-order valence-electron chi connectivity index (χ4n) is 1.89. The van der Waals surface area contributed by atoms with E-state index < -0.39 is 0 Å². The van der Waals surface area contributed by atoms with Gasteiger partial charge in [0.2, 0.25) is 0 Å². The van der Waals surface area contributed by atoms with Gasteiger partial charge in [0.1, 0.15) is 5.65 Å². The number of pyridine rings is 1. The highest BCUT2D eigenvalue weighted by Gasteiger charge is 2.18. The Labute approximate surface area is 89.8 Å². The van der Waals surface area contributed by atoms with E-state index >= 15 is 0 Å². The zero-order chi connectivity index (χ0) is 9.54. The summed E-state index contributed by atoms with van der Waals surface area (Å²) >= 11 is 3.60. The van der Waals surface area contributed by atoms with Crippen molar-refractivity contribution in [1.82, 2.24) is 9.55 Å². The molecule has 0 saturated heterocycles. The summed E-state index contributed by atoms with van der Waals surface area (Å²) in [5, 5.41) is 1.17. The monoisotopic (exact) mass is 252 g/mol. The predicted molar refractivity (Wildman–Crippen MR) is 57.1 cm³/mol. The van der Waals surface area contributed by atoms with Gasteiger partial charge < -0.3 is 9.30 Å². The SMILES string of the molecule is Brc1c2n(c3ncccc13)CCOC2. The number of ether oxygens (including phenoxy) is 1. The van der Waals surface area contributed by atoms with E-state index in [4.69, 9.17) is 4.74 Å². The maximum atomic E-state index is 5.43. The molecule has 0 bridgehead atoms. The lowest BCUT2D eigenvalue weighted by Gasteiger charge is -2.16. The highest BCUT2D eigenvalue weighted by atomic mass is 79.9. The molecule has 3 nitrogen and oxygen atoms in total. The Balaban J connectivity index is 2.41. The van der Waals surface area contributed by atoms with Gasteiger partial charge in [-0.05, 0) is 28.1 Å². The van der Waals surface area contributed by atoms with Crippen molar-refractivity contribution in [2.45, 2.75) is 13.2 Å². The molecule has 3 heterocycles. The molecule has 1 aliphatic rings. The van der Waals surface area contributed by atoms with Gasteiger partial charge in [0, 0.05) is 18.1 Å². The second-order valence-corrected chi connectivity index (χ2v) is 4.13. The zero-order valence-corrected chi connectivity index (χ0v) is 9.12. The number of rotatable bonds is 0. The Morgan fingerprint density at radius 1 is 1.50 bits per heavy atom. The first-order chi connectivity index (χ1) is 6.88. The van der Waals surface area contributed by atoms with Crippen molar-refractivity contribution in [3.63, 3.8) is 0 Å². The van der Waals surface area contributed by atoms with Crippen LogP contribution in [0.1, 0.15) is 5.69 Å². The normalized spacial score (nSPS) is 15.8. The van der Waals surface area contributed by atoms with Gasteiger partial charge in [0.15, 0.2) is 0 Å². The van der Waals surface area contributed by atoms with Crippen LogP contribution in [-0.2, 0) is 17.9 Å². The smallest absolute Gasteiger partial charge is 0.141 e. The predicted octanol–water partition coefficient (Wildman–Crippen LogP) is 2.33. The van der Waals surface area contributed by atoms with Crippen molar-refractivity contribution in [2.75, 3.05) is 6.61 Å². The first kappa shape index (κ1) is 8.44. The molecular formula is C10H9BrN2O. The van der Waals surface area contributed by atoms with Crippen LogP contribution >= 0.6 is 15.9 Å². The lowest BCUT2D eigenvalue weighted by atomic mass is 10.3. The van der Waals surface area contributed by atoms with E-state index in [1.807, 2.05) is 12.3 Å². The fraction of sp³-hybridized carbons (Fsp3) is 0.300. The van der Waals surface area contributed by atoms with Gasteiger partial charge in [-0.2, -0.15) is 0 Å². The molecule has 14 heavy (non-hydrogen) atoms.